The normalized spacial score (nSPS) is 45.1. The van der Waals surface area contributed by atoms with E-state index in [0.29, 0.717) is 18.4 Å². The molecule has 5 fully saturated rings. The molecular formula is C32H40O10. The number of carbonyl (C=O) groups is 4. The van der Waals surface area contributed by atoms with Gasteiger partial charge in [0.2, 0.25) is 0 Å². The van der Waals surface area contributed by atoms with Crippen molar-refractivity contribution in [2.45, 2.75) is 96.7 Å². The zero-order chi connectivity index (χ0) is 30.6. The molecule has 3 aliphatic carbocycles. The smallest absolute Gasteiger partial charge is 0.333 e. The van der Waals surface area contributed by atoms with E-state index in [1.54, 1.807) is 32.3 Å². The molecule has 3 saturated carbocycles. The molecule has 6 rings (SSSR count). The van der Waals surface area contributed by atoms with E-state index in [1.807, 2.05) is 20.8 Å². The number of allylic oxidation sites excluding steroid dienone is 1. The number of furan rings is 1. The number of ether oxygens (including phenoxy) is 4. The van der Waals surface area contributed by atoms with Crippen LogP contribution < -0.4 is 0 Å². The van der Waals surface area contributed by atoms with Gasteiger partial charge in [0.25, 0.3) is 0 Å². The first-order valence-corrected chi connectivity index (χ1v) is 14.7. The highest BCUT2D eigenvalue weighted by atomic mass is 16.6. The van der Waals surface area contributed by atoms with Crippen LogP contribution in [-0.4, -0.2) is 59.3 Å². The summed E-state index contributed by atoms with van der Waals surface area (Å²) in [6, 6.07) is 1.78. The van der Waals surface area contributed by atoms with Gasteiger partial charge < -0.3 is 28.5 Å². The minimum atomic E-state index is -2.20. The number of hydrogen-bond donors (Lipinski definition) is 1. The average molecular weight is 585 g/mol. The molecule has 3 heterocycles. The Balaban J connectivity index is 1.53. The van der Waals surface area contributed by atoms with Gasteiger partial charge in [0.15, 0.2) is 11.4 Å². The van der Waals surface area contributed by atoms with Crippen LogP contribution in [0.1, 0.15) is 78.9 Å². The molecule has 5 aliphatic rings. The Morgan fingerprint density at radius 3 is 2.50 bits per heavy atom. The van der Waals surface area contributed by atoms with Gasteiger partial charge >= 0.3 is 17.9 Å². The van der Waals surface area contributed by atoms with Crippen molar-refractivity contribution in [2.24, 2.45) is 34.0 Å². The monoisotopic (exact) mass is 584 g/mol. The molecule has 2 aliphatic heterocycles. The summed E-state index contributed by atoms with van der Waals surface area (Å²) in [5, 5.41) is 12.7. The molecule has 10 atom stereocenters. The van der Waals surface area contributed by atoms with Gasteiger partial charge in [-0.1, -0.05) is 33.8 Å². The molecule has 10 heteroatoms. The third-order valence-corrected chi connectivity index (χ3v) is 11.8. The second-order valence-electron chi connectivity index (χ2n) is 14.0. The maximum atomic E-state index is 14.7. The predicted molar refractivity (Wildman–Crippen MR) is 145 cm³/mol. The number of carbonyl (C=O) groups excluding carboxylic acids is 4. The first-order chi connectivity index (χ1) is 19.6. The van der Waals surface area contributed by atoms with Crippen LogP contribution in [0, 0.1) is 34.0 Å². The molecular weight excluding hydrogens is 544 g/mol. The van der Waals surface area contributed by atoms with Gasteiger partial charge in [-0.15, -0.1) is 0 Å². The molecule has 1 spiro atoms. The van der Waals surface area contributed by atoms with E-state index < -0.39 is 87.2 Å². The minimum Gasteiger partial charge on any atom is -0.472 e. The Morgan fingerprint density at radius 2 is 1.88 bits per heavy atom. The van der Waals surface area contributed by atoms with E-state index in [9.17, 15) is 24.3 Å². The largest absolute Gasteiger partial charge is 0.472 e. The highest BCUT2D eigenvalue weighted by Gasteiger charge is 2.90. The first kappa shape index (κ1) is 29.1. The van der Waals surface area contributed by atoms with Crippen molar-refractivity contribution in [2.75, 3.05) is 7.11 Å². The van der Waals surface area contributed by atoms with Crippen LogP contribution in [0.4, 0.5) is 0 Å². The second-order valence-corrected chi connectivity index (χ2v) is 14.0. The lowest BCUT2D eigenvalue weighted by Crippen LogP contribution is -2.80. The van der Waals surface area contributed by atoms with Gasteiger partial charge in [-0.2, -0.15) is 0 Å². The molecule has 10 nitrogen and oxygen atoms in total. The van der Waals surface area contributed by atoms with E-state index in [0.717, 1.165) is 5.56 Å². The quantitative estimate of drug-likeness (QED) is 0.235. The summed E-state index contributed by atoms with van der Waals surface area (Å²) in [6.45, 7) is 10.8. The lowest BCUT2D eigenvalue weighted by molar-refractivity contribution is -0.250. The second kappa shape index (κ2) is 9.02. The van der Waals surface area contributed by atoms with Crippen LogP contribution in [0.3, 0.4) is 0 Å². The van der Waals surface area contributed by atoms with Crippen molar-refractivity contribution in [1.29, 1.82) is 0 Å². The van der Waals surface area contributed by atoms with Gasteiger partial charge in [0, 0.05) is 45.6 Å². The topological polar surface area (TPSA) is 142 Å². The van der Waals surface area contributed by atoms with Crippen LogP contribution in [0.5, 0.6) is 0 Å². The van der Waals surface area contributed by atoms with Gasteiger partial charge in [-0.3, -0.25) is 14.4 Å². The van der Waals surface area contributed by atoms with E-state index in [1.165, 1.54) is 13.4 Å². The highest BCUT2D eigenvalue weighted by molar-refractivity contribution is 5.99. The number of hydrogen-bond acceptors (Lipinski definition) is 10. The average Bonchev–Trinajstić information content (AvgIpc) is 3.44. The van der Waals surface area contributed by atoms with Gasteiger partial charge in [0.05, 0.1) is 26.1 Å². The Morgan fingerprint density at radius 1 is 1.17 bits per heavy atom. The molecule has 2 bridgehead atoms. The number of fused-ring (bicyclic) bond motifs is 5. The predicted octanol–water partition coefficient (Wildman–Crippen LogP) is 3.85. The zero-order valence-corrected chi connectivity index (χ0v) is 25.2. The fraction of sp³-hybridized carbons (Fsp3) is 0.688. The molecule has 1 aromatic heterocycles. The zero-order valence-electron chi connectivity index (χ0n) is 25.2. The third-order valence-electron chi connectivity index (χ3n) is 11.8. The van der Waals surface area contributed by atoms with Crippen LogP contribution >= 0.6 is 0 Å². The highest BCUT2D eigenvalue weighted by Crippen LogP contribution is 2.78. The summed E-state index contributed by atoms with van der Waals surface area (Å²) >= 11 is 0. The fourth-order valence-electron chi connectivity index (χ4n) is 9.75. The number of aliphatic hydroxyl groups is 1. The van der Waals surface area contributed by atoms with Crippen LogP contribution in [-0.2, 0) is 38.1 Å². The van der Waals surface area contributed by atoms with Gasteiger partial charge in [-0.25, -0.2) is 4.79 Å². The number of Topliss-reactive ketones (excluding diaryl/α,β-unsaturated/α-hetero) is 1. The standard InChI is InChI=1S/C32H40O10/c1-8-16(2)24(35)41-26-28(3,4)19(13-21(33)38-7)30(6)18-9-11-29(5)20(32(18)27(42-32)31(26,37)25(30)36)14-22(34)40-23(29)17-10-12-39-15-17/h8,10,12,15,18-20,23,26-27,37H,9,11,13-14H2,1-7H3/b16-8-/t18-,19+,20-,23+,26+,27-,29-,30-,31+,32-/m1/s1. The van der Waals surface area contributed by atoms with Crippen LogP contribution in [0.15, 0.2) is 34.7 Å². The number of esters is 3. The third kappa shape index (κ3) is 3.39. The van der Waals surface area contributed by atoms with Gasteiger partial charge in [-0.05, 0) is 38.7 Å². The van der Waals surface area contributed by atoms with E-state index in [2.05, 4.69) is 6.92 Å². The van der Waals surface area contributed by atoms with E-state index in [-0.39, 0.29) is 12.8 Å². The lowest BCUT2D eigenvalue weighted by Gasteiger charge is -2.66. The summed E-state index contributed by atoms with van der Waals surface area (Å²) in [4.78, 5) is 53.9. The van der Waals surface area contributed by atoms with Crippen molar-refractivity contribution < 1.29 is 47.6 Å². The number of methoxy groups -OCH3 is 1. The van der Waals surface area contributed by atoms with Crippen molar-refractivity contribution in [3.8, 4) is 0 Å². The maximum absolute atomic E-state index is 14.7. The summed E-state index contributed by atoms with van der Waals surface area (Å²) in [7, 11) is 1.30. The number of ketones is 1. The van der Waals surface area contributed by atoms with Crippen LogP contribution in [0.2, 0.25) is 0 Å². The summed E-state index contributed by atoms with van der Waals surface area (Å²) in [5.41, 5.74) is -5.08. The Bertz CT molecular complexity index is 1380. The molecule has 0 radical (unpaired) electrons. The number of rotatable bonds is 5. The molecule has 0 amide bonds. The van der Waals surface area contributed by atoms with Crippen molar-refractivity contribution in [3.63, 3.8) is 0 Å². The molecule has 0 aromatic carbocycles. The molecule has 228 valence electrons. The molecule has 1 aromatic rings. The number of cyclic esters (lactones) is 1. The molecule has 0 unspecified atom stereocenters. The molecule has 1 N–H and O–H groups in total. The first-order valence-electron chi connectivity index (χ1n) is 14.7. The van der Waals surface area contributed by atoms with Crippen molar-refractivity contribution >= 4 is 23.7 Å². The summed E-state index contributed by atoms with van der Waals surface area (Å²) in [6.07, 6.45) is 2.89. The van der Waals surface area contributed by atoms with Crippen molar-refractivity contribution in [1.82, 2.24) is 0 Å². The lowest BCUT2D eigenvalue weighted by atomic mass is 9.36. The SMILES string of the molecule is C/C=C(/C)C(=O)O[C@H]1C(C)(C)[C@H](CC(=O)OC)[C@]2(C)C(=O)[C@@]1(O)[C@H]1O[C@]13[C@@H]1CC(=O)O[C@@H](c4ccoc4)[C@]1(C)CC[C@H]23. The van der Waals surface area contributed by atoms with Gasteiger partial charge in [0.1, 0.15) is 23.9 Å². The van der Waals surface area contributed by atoms with E-state index in [4.69, 9.17) is 23.4 Å². The Hall–Kier alpha value is -2.98. The Labute approximate surface area is 245 Å². The van der Waals surface area contributed by atoms with Crippen molar-refractivity contribution in [3.05, 3.63) is 35.8 Å². The summed E-state index contributed by atoms with van der Waals surface area (Å²) < 4.78 is 29.0. The molecule has 2 saturated heterocycles. The number of epoxide rings is 1. The maximum Gasteiger partial charge on any atom is 0.333 e. The molecule has 42 heavy (non-hydrogen) atoms. The Kier molecular flexibility index (Phi) is 6.25. The van der Waals surface area contributed by atoms with Crippen LogP contribution in [0.25, 0.3) is 0 Å². The van der Waals surface area contributed by atoms with E-state index >= 15 is 0 Å². The minimum absolute atomic E-state index is 0.0470. The fourth-order valence-corrected chi connectivity index (χ4v) is 9.75. The summed E-state index contributed by atoms with van der Waals surface area (Å²) in [5.74, 6) is -3.53.